The van der Waals surface area contributed by atoms with Gasteiger partial charge in [-0.1, -0.05) is 30.4 Å². The molecule has 3 heterocycles. The highest BCUT2D eigenvalue weighted by Crippen LogP contribution is 2.46. The van der Waals surface area contributed by atoms with E-state index in [-0.39, 0.29) is 36.0 Å². The van der Waals surface area contributed by atoms with Crippen LogP contribution in [-0.2, 0) is 21.7 Å². The molecule has 2 aliphatic carbocycles. The number of hydrogen-bond acceptors (Lipinski definition) is 4. The Morgan fingerprint density at radius 1 is 1.08 bits per heavy atom. The maximum absolute atomic E-state index is 14.0. The summed E-state index contributed by atoms with van der Waals surface area (Å²) in [4.78, 5) is 47.8. The number of carbonyl (C=O) groups excluding carboxylic acids is 3. The second kappa shape index (κ2) is 8.84. The van der Waals surface area contributed by atoms with Crippen molar-refractivity contribution in [2.75, 3.05) is 13.1 Å². The van der Waals surface area contributed by atoms with Crippen molar-refractivity contribution >= 4 is 17.8 Å². The number of aromatic nitrogens is 1. The average Bonchev–Trinajstić information content (AvgIpc) is 3.61. The quantitative estimate of drug-likeness (QED) is 0.515. The number of piperidine rings is 1. The summed E-state index contributed by atoms with van der Waals surface area (Å²) >= 11 is 0. The topological polar surface area (TPSA) is 82.6 Å². The SMILES string of the molecule is O=C([C@H]1C[C@@H]2C=C[C@H]1C2)N1CCC(C2(c3cccnc3)NC(=O)N(Cc3ccc(F)cc3)C2=O)CC1. The standard InChI is InChI=1S/C28H29FN4O3/c29-23-7-4-18(5-8-23)17-33-26(35)28(31-27(33)36,22-2-1-11-30-16-22)21-9-12-32(13-10-21)25(34)24-15-19-3-6-20(24)14-19/h1-8,11,16,19-21,24H,9-10,12-15,17H2,(H,31,36)/t19-,20+,24+,28?/m1/s1. The van der Waals surface area contributed by atoms with Crippen LogP contribution in [0.4, 0.5) is 9.18 Å². The molecule has 2 aromatic rings. The first-order valence-corrected chi connectivity index (χ1v) is 12.7. The normalized spacial score (nSPS) is 29.8. The van der Waals surface area contributed by atoms with Gasteiger partial charge in [0.25, 0.3) is 5.91 Å². The summed E-state index contributed by atoms with van der Waals surface area (Å²) in [7, 11) is 0. The summed E-state index contributed by atoms with van der Waals surface area (Å²) < 4.78 is 13.4. The van der Waals surface area contributed by atoms with Crippen molar-refractivity contribution in [1.82, 2.24) is 20.1 Å². The van der Waals surface area contributed by atoms with Gasteiger partial charge in [-0.05, 0) is 67.2 Å². The lowest BCUT2D eigenvalue weighted by Crippen LogP contribution is -2.54. The predicted octanol–water partition coefficient (Wildman–Crippen LogP) is 3.62. The summed E-state index contributed by atoms with van der Waals surface area (Å²) in [5, 5.41) is 3.02. The zero-order chi connectivity index (χ0) is 24.9. The van der Waals surface area contributed by atoms with Crippen LogP contribution in [0.3, 0.4) is 0 Å². The Bertz CT molecular complexity index is 1210. The zero-order valence-electron chi connectivity index (χ0n) is 20.0. The molecule has 1 N–H and O–H groups in total. The van der Waals surface area contributed by atoms with Gasteiger partial charge in [-0.15, -0.1) is 0 Å². The van der Waals surface area contributed by atoms with Gasteiger partial charge in [-0.2, -0.15) is 0 Å². The van der Waals surface area contributed by atoms with E-state index in [2.05, 4.69) is 22.5 Å². The second-order valence-electron chi connectivity index (χ2n) is 10.5. The molecule has 2 saturated heterocycles. The van der Waals surface area contributed by atoms with Crippen LogP contribution in [0.25, 0.3) is 0 Å². The molecule has 7 nitrogen and oxygen atoms in total. The number of imide groups is 1. The van der Waals surface area contributed by atoms with Crippen LogP contribution in [0.1, 0.15) is 36.8 Å². The number of hydrogen-bond donors (Lipinski definition) is 1. The number of nitrogens with zero attached hydrogens (tertiary/aromatic N) is 3. The van der Waals surface area contributed by atoms with Crippen molar-refractivity contribution < 1.29 is 18.8 Å². The number of nitrogens with one attached hydrogen (secondary N) is 1. The van der Waals surface area contributed by atoms with E-state index in [1.807, 2.05) is 11.0 Å². The van der Waals surface area contributed by atoms with Crippen molar-refractivity contribution in [3.8, 4) is 0 Å². The summed E-state index contributed by atoms with van der Waals surface area (Å²) in [5.74, 6) is 0.311. The molecule has 1 saturated carbocycles. The number of halogens is 1. The van der Waals surface area contributed by atoms with E-state index in [0.717, 1.165) is 12.8 Å². The lowest BCUT2D eigenvalue weighted by Gasteiger charge is -2.41. The number of pyridine rings is 1. The minimum Gasteiger partial charge on any atom is -0.342 e. The van der Waals surface area contributed by atoms with Crippen LogP contribution in [-0.4, -0.2) is 45.7 Å². The van der Waals surface area contributed by atoms with Crippen LogP contribution in [0.5, 0.6) is 0 Å². The molecule has 0 radical (unpaired) electrons. The van der Waals surface area contributed by atoms with Gasteiger partial charge in [0.05, 0.1) is 6.54 Å². The molecule has 4 aliphatic rings. The number of fused-ring (bicyclic) bond motifs is 2. The van der Waals surface area contributed by atoms with Crippen LogP contribution in [0, 0.1) is 29.5 Å². The monoisotopic (exact) mass is 488 g/mol. The molecule has 2 aliphatic heterocycles. The molecule has 1 aromatic carbocycles. The minimum absolute atomic E-state index is 0.0576. The number of allylic oxidation sites excluding steroid dienone is 2. The molecular formula is C28H29FN4O3. The number of likely N-dealkylation sites (tertiary alicyclic amines) is 1. The smallest absolute Gasteiger partial charge is 0.325 e. The highest BCUT2D eigenvalue weighted by atomic mass is 19.1. The van der Waals surface area contributed by atoms with E-state index in [1.54, 1.807) is 30.6 Å². The first-order valence-electron chi connectivity index (χ1n) is 12.7. The minimum atomic E-state index is -1.24. The maximum Gasteiger partial charge on any atom is 0.325 e. The molecule has 8 heteroatoms. The molecular weight excluding hydrogens is 459 g/mol. The Hall–Kier alpha value is -3.55. The molecule has 1 aromatic heterocycles. The van der Waals surface area contributed by atoms with E-state index in [4.69, 9.17) is 0 Å². The Kier molecular flexibility index (Phi) is 5.62. The van der Waals surface area contributed by atoms with E-state index in [0.29, 0.717) is 48.9 Å². The van der Waals surface area contributed by atoms with Gasteiger partial charge >= 0.3 is 6.03 Å². The predicted molar refractivity (Wildman–Crippen MR) is 130 cm³/mol. The van der Waals surface area contributed by atoms with Crippen LogP contribution in [0.2, 0.25) is 0 Å². The Balaban J connectivity index is 1.23. The molecule has 1 unspecified atom stereocenters. The third-order valence-electron chi connectivity index (χ3n) is 8.52. The lowest BCUT2D eigenvalue weighted by molar-refractivity contribution is -0.139. The van der Waals surface area contributed by atoms with Gasteiger partial charge in [0.15, 0.2) is 5.54 Å². The molecule has 6 rings (SSSR count). The van der Waals surface area contributed by atoms with Gasteiger partial charge in [0.1, 0.15) is 5.82 Å². The molecule has 2 bridgehead atoms. The van der Waals surface area contributed by atoms with Crippen LogP contribution in [0.15, 0.2) is 60.9 Å². The molecule has 4 atom stereocenters. The Morgan fingerprint density at radius 3 is 2.50 bits per heavy atom. The molecule has 0 spiro atoms. The number of carbonyl (C=O) groups is 3. The molecule has 3 fully saturated rings. The van der Waals surface area contributed by atoms with Crippen molar-refractivity contribution in [2.24, 2.45) is 23.7 Å². The fourth-order valence-corrected chi connectivity index (χ4v) is 6.65. The lowest BCUT2D eigenvalue weighted by atomic mass is 9.73. The highest BCUT2D eigenvalue weighted by Gasteiger charge is 2.57. The molecule has 36 heavy (non-hydrogen) atoms. The van der Waals surface area contributed by atoms with Gasteiger partial charge in [-0.25, -0.2) is 9.18 Å². The first-order chi connectivity index (χ1) is 17.5. The number of urea groups is 1. The third-order valence-corrected chi connectivity index (χ3v) is 8.52. The number of benzene rings is 1. The van der Waals surface area contributed by atoms with Crippen LogP contribution >= 0.6 is 0 Å². The Morgan fingerprint density at radius 2 is 1.86 bits per heavy atom. The van der Waals surface area contributed by atoms with Crippen molar-refractivity contribution in [3.05, 3.63) is 77.9 Å². The van der Waals surface area contributed by atoms with Crippen LogP contribution < -0.4 is 5.32 Å². The summed E-state index contributed by atoms with van der Waals surface area (Å²) in [5.41, 5.74) is 0.0746. The van der Waals surface area contributed by atoms with Gasteiger partial charge in [0.2, 0.25) is 5.91 Å². The van der Waals surface area contributed by atoms with Gasteiger partial charge < -0.3 is 10.2 Å². The van der Waals surface area contributed by atoms with E-state index in [1.165, 1.54) is 17.0 Å². The third kappa shape index (κ3) is 3.70. The number of amides is 4. The molecule has 4 amide bonds. The highest BCUT2D eigenvalue weighted by molar-refractivity contribution is 6.07. The second-order valence-corrected chi connectivity index (χ2v) is 10.5. The average molecular weight is 489 g/mol. The van der Waals surface area contributed by atoms with Gasteiger partial charge in [0, 0.05) is 37.0 Å². The fourth-order valence-electron chi connectivity index (χ4n) is 6.65. The first kappa shape index (κ1) is 22.9. The summed E-state index contributed by atoms with van der Waals surface area (Å²) in [6, 6.07) is 8.91. The zero-order valence-corrected chi connectivity index (χ0v) is 20.0. The maximum atomic E-state index is 14.0. The van der Waals surface area contributed by atoms with Crippen molar-refractivity contribution in [3.63, 3.8) is 0 Å². The summed E-state index contributed by atoms with van der Waals surface area (Å²) in [6.45, 7) is 1.18. The fraction of sp³-hybridized carbons (Fsp3) is 0.429. The molecule has 186 valence electrons. The van der Waals surface area contributed by atoms with E-state index >= 15 is 0 Å². The largest absolute Gasteiger partial charge is 0.342 e. The van der Waals surface area contributed by atoms with E-state index in [9.17, 15) is 18.8 Å². The summed E-state index contributed by atoms with van der Waals surface area (Å²) in [6.07, 6.45) is 10.9. The Labute approximate surface area is 209 Å². The van der Waals surface area contributed by atoms with E-state index < -0.39 is 11.6 Å². The van der Waals surface area contributed by atoms with Gasteiger partial charge in [-0.3, -0.25) is 19.5 Å². The number of rotatable bonds is 5. The van der Waals surface area contributed by atoms with Crippen molar-refractivity contribution in [1.29, 1.82) is 0 Å². The van der Waals surface area contributed by atoms with Crippen molar-refractivity contribution in [2.45, 2.75) is 37.8 Å².